The third-order valence-corrected chi connectivity index (χ3v) is 3.19. The minimum Gasteiger partial charge on any atom is -0.472 e. The Labute approximate surface area is 85.4 Å². The maximum Gasteiger partial charge on any atom is 0.171 e. The van der Waals surface area contributed by atoms with Gasteiger partial charge in [-0.05, 0) is 13.0 Å². The van der Waals surface area contributed by atoms with Crippen LogP contribution in [-0.4, -0.2) is 10.8 Å². The van der Waals surface area contributed by atoms with Crippen LogP contribution in [0.25, 0.3) is 10.6 Å². The second kappa shape index (κ2) is 3.38. The number of Topliss-reactive ketones (excluding diaryl/α,β-unsaturated/α-hetero) is 1. The largest absolute Gasteiger partial charge is 0.472 e. The van der Waals surface area contributed by atoms with Crippen molar-refractivity contribution < 1.29 is 9.21 Å². The Bertz CT molecular complexity index is 456. The predicted octanol–water partition coefficient (Wildman–Crippen LogP) is 2.91. The van der Waals surface area contributed by atoms with E-state index in [2.05, 4.69) is 4.98 Å². The van der Waals surface area contributed by atoms with Crippen molar-refractivity contribution in [2.45, 2.75) is 13.8 Å². The zero-order valence-corrected chi connectivity index (χ0v) is 8.72. The third-order valence-electron chi connectivity index (χ3n) is 1.88. The molecule has 0 fully saturated rings. The van der Waals surface area contributed by atoms with E-state index in [1.807, 2.05) is 13.0 Å². The number of furan rings is 1. The molecule has 72 valence electrons. The molecule has 2 aromatic rings. The summed E-state index contributed by atoms with van der Waals surface area (Å²) in [7, 11) is 0. The molecule has 0 saturated heterocycles. The molecule has 0 aliphatic rings. The fourth-order valence-electron chi connectivity index (χ4n) is 1.23. The summed E-state index contributed by atoms with van der Waals surface area (Å²) < 4.78 is 4.96. The number of carbonyl (C=O) groups is 1. The summed E-state index contributed by atoms with van der Waals surface area (Å²) >= 11 is 1.40. The summed E-state index contributed by atoms with van der Waals surface area (Å²) in [6, 6.07) is 1.84. The lowest BCUT2D eigenvalue weighted by atomic mass is 10.3. The van der Waals surface area contributed by atoms with E-state index in [1.54, 1.807) is 19.5 Å². The van der Waals surface area contributed by atoms with Gasteiger partial charge in [-0.2, -0.15) is 0 Å². The number of rotatable bonds is 2. The van der Waals surface area contributed by atoms with Crippen LogP contribution in [0.15, 0.2) is 23.0 Å². The van der Waals surface area contributed by atoms with Crippen molar-refractivity contribution in [3.63, 3.8) is 0 Å². The van der Waals surface area contributed by atoms with E-state index in [1.165, 1.54) is 11.3 Å². The zero-order chi connectivity index (χ0) is 10.1. The normalized spacial score (nSPS) is 10.4. The van der Waals surface area contributed by atoms with Crippen molar-refractivity contribution in [2.24, 2.45) is 0 Å². The number of hydrogen-bond acceptors (Lipinski definition) is 4. The highest BCUT2D eigenvalue weighted by molar-refractivity contribution is 7.17. The summed E-state index contributed by atoms with van der Waals surface area (Å²) in [4.78, 5) is 16.2. The van der Waals surface area contributed by atoms with Crippen LogP contribution in [0.2, 0.25) is 0 Å². The highest BCUT2D eigenvalue weighted by Gasteiger charge is 2.12. The molecule has 0 saturated carbocycles. The Morgan fingerprint density at radius 1 is 1.57 bits per heavy atom. The van der Waals surface area contributed by atoms with Gasteiger partial charge in [0, 0.05) is 12.5 Å². The number of aromatic nitrogens is 1. The monoisotopic (exact) mass is 207 g/mol. The van der Waals surface area contributed by atoms with E-state index in [0.29, 0.717) is 0 Å². The van der Waals surface area contributed by atoms with Crippen LogP contribution in [-0.2, 0) is 0 Å². The molecule has 2 heterocycles. The Hall–Kier alpha value is -1.42. The van der Waals surface area contributed by atoms with E-state index in [9.17, 15) is 4.79 Å². The van der Waals surface area contributed by atoms with Crippen LogP contribution in [0, 0.1) is 6.92 Å². The molecule has 2 aromatic heterocycles. The third kappa shape index (κ3) is 1.48. The molecule has 0 spiro atoms. The summed E-state index contributed by atoms with van der Waals surface area (Å²) in [6.45, 7) is 3.40. The molecule has 0 aliphatic carbocycles. The maximum atomic E-state index is 11.2. The highest BCUT2D eigenvalue weighted by atomic mass is 32.1. The average Bonchev–Trinajstić information content (AvgIpc) is 2.70. The Kier molecular flexibility index (Phi) is 2.21. The fraction of sp³-hybridized carbons (Fsp3) is 0.200. The highest BCUT2D eigenvalue weighted by Crippen LogP contribution is 2.28. The van der Waals surface area contributed by atoms with Gasteiger partial charge in [0.05, 0.1) is 16.8 Å². The van der Waals surface area contributed by atoms with Gasteiger partial charge >= 0.3 is 0 Å². The molecule has 0 amide bonds. The summed E-state index contributed by atoms with van der Waals surface area (Å²) in [5, 5.41) is 0.835. The predicted molar refractivity (Wildman–Crippen MR) is 54.6 cm³/mol. The van der Waals surface area contributed by atoms with Crippen LogP contribution in [0.5, 0.6) is 0 Å². The average molecular weight is 207 g/mol. The molecule has 0 atom stereocenters. The summed E-state index contributed by atoms with van der Waals surface area (Å²) in [5.41, 5.74) is 1.71. The number of hydrogen-bond donors (Lipinski definition) is 0. The van der Waals surface area contributed by atoms with E-state index in [4.69, 9.17) is 4.42 Å². The zero-order valence-electron chi connectivity index (χ0n) is 7.90. The first-order valence-corrected chi connectivity index (χ1v) is 5.01. The number of thiazole rings is 1. The molecular weight excluding hydrogens is 198 g/mol. The first-order chi connectivity index (χ1) is 6.68. The number of aryl methyl sites for hydroxylation is 1. The standard InChI is InChI=1S/C10H9NO2S/c1-6-9(7(2)12)14-10(11-6)8-3-4-13-5-8/h3-5H,1-2H3. The van der Waals surface area contributed by atoms with Crippen molar-refractivity contribution in [1.29, 1.82) is 0 Å². The molecule has 2 rings (SSSR count). The lowest BCUT2D eigenvalue weighted by molar-refractivity contribution is 0.102. The van der Waals surface area contributed by atoms with Crippen LogP contribution >= 0.6 is 11.3 Å². The van der Waals surface area contributed by atoms with Gasteiger partial charge in [-0.1, -0.05) is 0 Å². The minimum absolute atomic E-state index is 0.0646. The smallest absolute Gasteiger partial charge is 0.171 e. The first kappa shape index (κ1) is 9.15. The van der Waals surface area contributed by atoms with Crippen molar-refractivity contribution >= 4 is 17.1 Å². The minimum atomic E-state index is 0.0646. The molecule has 14 heavy (non-hydrogen) atoms. The van der Waals surface area contributed by atoms with Crippen molar-refractivity contribution in [1.82, 2.24) is 4.98 Å². The van der Waals surface area contributed by atoms with Gasteiger partial charge in [0.1, 0.15) is 11.3 Å². The Morgan fingerprint density at radius 3 is 2.86 bits per heavy atom. The molecule has 4 heteroatoms. The SMILES string of the molecule is CC(=O)c1sc(-c2ccoc2)nc1C. The summed E-state index contributed by atoms with van der Waals surface area (Å²) in [6.07, 6.45) is 3.22. The number of ketones is 1. The van der Waals surface area contributed by atoms with Gasteiger partial charge in [-0.25, -0.2) is 4.98 Å². The lowest BCUT2D eigenvalue weighted by Gasteiger charge is -1.85. The molecule has 0 N–H and O–H groups in total. The molecule has 0 unspecified atom stereocenters. The number of nitrogens with zero attached hydrogens (tertiary/aromatic N) is 1. The van der Waals surface area contributed by atoms with Gasteiger partial charge < -0.3 is 4.42 Å². The number of carbonyl (C=O) groups excluding carboxylic acids is 1. The fourth-order valence-corrected chi connectivity index (χ4v) is 2.18. The van der Waals surface area contributed by atoms with E-state index >= 15 is 0 Å². The quantitative estimate of drug-likeness (QED) is 0.711. The van der Waals surface area contributed by atoms with E-state index in [-0.39, 0.29) is 5.78 Å². The van der Waals surface area contributed by atoms with Crippen molar-refractivity contribution in [2.75, 3.05) is 0 Å². The second-order valence-corrected chi connectivity index (χ2v) is 4.00. The van der Waals surface area contributed by atoms with Crippen LogP contribution in [0.3, 0.4) is 0 Å². The second-order valence-electron chi connectivity index (χ2n) is 3.00. The van der Waals surface area contributed by atoms with Crippen LogP contribution in [0.1, 0.15) is 22.3 Å². The topological polar surface area (TPSA) is 43.1 Å². The lowest BCUT2D eigenvalue weighted by Crippen LogP contribution is -1.89. The Morgan fingerprint density at radius 2 is 2.36 bits per heavy atom. The molecule has 0 radical (unpaired) electrons. The molecule has 0 aromatic carbocycles. The van der Waals surface area contributed by atoms with E-state index in [0.717, 1.165) is 21.1 Å². The van der Waals surface area contributed by atoms with Gasteiger partial charge in [0.2, 0.25) is 0 Å². The van der Waals surface area contributed by atoms with Crippen molar-refractivity contribution in [3.05, 3.63) is 29.2 Å². The molecular formula is C10H9NO2S. The van der Waals surface area contributed by atoms with Crippen molar-refractivity contribution in [3.8, 4) is 10.6 Å². The van der Waals surface area contributed by atoms with Gasteiger partial charge in [-0.15, -0.1) is 11.3 Å². The molecule has 0 aliphatic heterocycles. The molecule has 0 bridgehead atoms. The summed E-state index contributed by atoms with van der Waals surface area (Å²) in [5.74, 6) is 0.0646. The van der Waals surface area contributed by atoms with Gasteiger partial charge in [-0.3, -0.25) is 4.79 Å². The van der Waals surface area contributed by atoms with Gasteiger partial charge in [0.15, 0.2) is 5.78 Å². The Balaban J connectivity index is 2.48. The van der Waals surface area contributed by atoms with Crippen LogP contribution < -0.4 is 0 Å². The van der Waals surface area contributed by atoms with Crippen LogP contribution in [0.4, 0.5) is 0 Å². The first-order valence-electron chi connectivity index (χ1n) is 4.19. The van der Waals surface area contributed by atoms with E-state index < -0.39 is 0 Å². The maximum absolute atomic E-state index is 11.2. The molecule has 3 nitrogen and oxygen atoms in total. The van der Waals surface area contributed by atoms with Gasteiger partial charge in [0.25, 0.3) is 0 Å².